The maximum absolute atomic E-state index is 12.6. The van der Waals surface area contributed by atoms with Gasteiger partial charge in [-0.05, 0) is 49.9 Å². The monoisotopic (exact) mass is 350 g/mol. The first kappa shape index (κ1) is 16.6. The first-order valence-corrected chi connectivity index (χ1v) is 8.97. The number of rotatable bonds is 4. The van der Waals surface area contributed by atoms with E-state index in [1.54, 1.807) is 30.8 Å². The summed E-state index contributed by atoms with van der Waals surface area (Å²) in [4.78, 5) is 23.2. The number of amides is 1. The molecule has 0 aliphatic carbocycles. The quantitative estimate of drug-likeness (QED) is 0.723. The number of likely N-dealkylation sites (tertiary alicyclic amines) is 1. The average molecular weight is 350 g/mol. The average Bonchev–Trinajstić information content (AvgIpc) is 3.33. The number of imidazole rings is 1. The number of aryl methyl sites for hydroxylation is 1. The van der Waals surface area contributed by atoms with Gasteiger partial charge in [0, 0.05) is 49.5 Å². The van der Waals surface area contributed by atoms with Crippen molar-refractivity contribution in [3.63, 3.8) is 0 Å². The summed E-state index contributed by atoms with van der Waals surface area (Å²) >= 11 is 0. The molecule has 1 aliphatic heterocycles. The summed E-state index contributed by atoms with van der Waals surface area (Å²) in [6.07, 6.45) is 9.14. The Kier molecular flexibility index (Phi) is 4.56. The van der Waals surface area contributed by atoms with E-state index in [1.807, 2.05) is 23.2 Å². The van der Waals surface area contributed by atoms with Crippen molar-refractivity contribution in [2.75, 3.05) is 13.1 Å². The van der Waals surface area contributed by atoms with E-state index in [4.69, 9.17) is 4.42 Å². The van der Waals surface area contributed by atoms with Gasteiger partial charge in [-0.1, -0.05) is 0 Å². The first-order chi connectivity index (χ1) is 12.7. The lowest BCUT2D eigenvalue weighted by Crippen LogP contribution is -2.41. The van der Waals surface area contributed by atoms with Crippen LogP contribution in [0.2, 0.25) is 0 Å². The van der Waals surface area contributed by atoms with E-state index < -0.39 is 0 Å². The molecule has 26 heavy (non-hydrogen) atoms. The van der Waals surface area contributed by atoms with E-state index in [0.717, 1.165) is 49.6 Å². The zero-order valence-electron chi connectivity index (χ0n) is 14.8. The summed E-state index contributed by atoms with van der Waals surface area (Å²) < 4.78 is 7.52. The second-order valence-corrected chi connectivity index (χ2v) is 6.81. The van der Waals surface area contributed by atoms with Gasteiger partial charge in [0.15, 0.2) is 5.76 Å². The van der Waals surface area contributed by atoms with E-state index in [0.29, 0.717) is 11.7 Å². The molecule has 1 fully saturated rings. The molecule has 0 spiro atoms. The molecule has 4 rings (SSSR count). The first-order valence-electron chi connectivity index (χ1n) is 8.97. The molecule has 1 atom stereocenters. The minimum atomic E-state index is -0.0172. The molecule has 1 saturated heterocycles. The van der Waals surface area contributed by atoms with Crippen LogP contribution in [0.1, 0.15) is 29.1 Å². The van der Waals surface area contributed by atoms with Crippen LogP contribution in [0.15, 0.2) is 53.5 Å². The minimum absolute atomic E-state index is 0.0172. The molecule has 1 unspecified atom stereocenters. The van der Waals surface area contributed by atoms with Crippen LogP contribution in [0.5, 0.6) is 0 Å². The van der Waals surface area contributed by atoms with Crippen LogP contribution in [-0.2, 0) is 6.54 Å². The fraction of sp³-hybridized carbons (Fsp3) is 0.350. The fourth-order valence-corrected chi connectivity index (χ4v) is 3.64. The molecule has 3 aromatic rings. The fourth-order valence-electron chi connectivity index (χ4n) is 3.64. The Bertz CT molecular complexity index is 871. The third-order valence-corrected chi connectivity index (χ3v) is 4.97. The number of carbonyl (C=O) groups is 1. The highest BCUT2D eigenvalue weighted by molar-refractivity contribution is 5.91. The summed E-state index contributed by atoms with van der Waals surface area (Å²) in [5.74, 6) is 1.76. The Labute approximate surface area is 152 Å². The van der Waals surface area contributed by atoms with Gasteiger partial charge in [0.05, 0.1) is 6.26 Å². The van der Waals surface area contributed by atoms with E-state index in [9.17, 15) is 4.79 Å². The molecule has 3 aromatic heterocycles. The largest absolute Gasteiger partial charge is 0.459 e. The third kappa shape index (κ3) is 3.27. The Hall–Kier alpha value is -2.89. The van der Waals surface area contributed by atoms with E-state index in [2.05, 4.69) is 21.5 Å². The van der Waals surface area contributed by atoms with Gasteiger partial charge < -0.3 is 13.9 Å². The number of aromatic nitrogens is 3. The number of piperidine rings is 1. The van der Waals surface area contributed by atoms with E-state index in [-0.39, 0.29) is 5.91 Å². The van der Waals surface area contributed by atoms with E-state index in [1.165, 1.54) is 0 Å². The SMILES string of the molecule is Cc1cnc(-c2ccncc2)n1CC1CCCN(C(=O)c2ccco2)C1. The van der Waals surface area contributed by atoms with Gasteiger partial charge in [0.2, 0.25) is 0 Å². The van der Waals surface area contributed by atoms with Gasteiger partial charge in [0.25, 0.3) is 5.91 Å². The number of carbonyl (C=O) groups excluding carboxylic acids is 1. The number of pyridine rings is 1. The van der Waals surface area contributed by atoms with E-state index >= 15 is 0 Å². The predicted molar refractivity (Wildman–Crippen MR) is 97.5 cm³/mol. The Balaban J connectivity index is 1.51. The van der Waals surface area contributed by atoms with Crippen molar-refractivity contribution in [2.24, 2.45) is 5.92 Å². The van der Waals surface area contributed by atoms with Gasteiger partial charge in [-0.15, -0.1) is 0 Å². The standard InChI is InChI=1S/C20H22N4O2/c1-15-12-22-19(17-6-8-21-9-7-17)24(15)14-16-4-2-10-23(13-16)20(25)18-5-3-11-26-18/h3,5-9,11-12,16H,2,4,10,13-14H2,1H3. The minimum Gasteiger partial charge on any atom is -0.459 e. The van der Waals surface area contributed by atoms with Gasteiger partial charge in [-0.3, -0.25) is 9.78 Å². The maximum atomic E-state index is 12.6. The van der Waals surface area contributed by atoms with Crippen LogP contribution >= 0.6 is 0 Å². The molecule has 134 valence electrons. The second-order valence-electron chi connectivity index (χ2n) is 6.81. The lowest BCUT2D eigenvalue weighted by atomic mass is 9.97. The lowest BCUT2D eigenvalue weighted by molar-refractivity contribution is 0.0630. The number of hydrogen-bond acceptors (Lipinski definition) is 4. The Morgan fingerprint density at radius 1 is 1.31 bits per heavy atom. The predicted octanol–water partition coefficient (Wildman–Crippen LogP) is 3.40. The van der Waals surface area contributed by atoms with Crippen molar-refractivity contribution in [1.29, 1.82) is 0 Å². The zero-order chi connectivity index (χ0) is 17.9. The molecule has 0 N–H and O–H groups in total. The van der Waals surface area contributed by atoms with Gasteiger partial charge >= 0.3 is 0 Å². The molecule has 1 aliphatic rings. The lowest BCUT2D eigenvalue weighted by Gasteiger charge is -2.33. The summed E-state index contributed by atoms with van der Waals surface area (Å²) in [5.41, 5.74) is 2.19. The highest BCUT2D eigenvalue weighted by atomic mass is 16.3. The van der Waals surface area contributed by atoms with Crippen LogP contribution in [0.4, 0.5) is 0 Å². The van der Waals surface area contributed by atoms with Crippen LogP contribution in [0.25, 0.3) is 11.4 Å². The summed E-state index contributed by atoms with van der Waals surface area (Å²) in [5, 5.41) is 0. The second kappa shape index (κ2) is 7.15. The van der Waals surface area contributed by atoms with Crippen LogP contribution in [-0.4, -0.2) is 38.4 Å². The van der Waals surface area contributed by atoms with Gasteiger partial charge in [0.1, 0.15) is 5.82 Å². The van der Waals surface area contributed by atoms with Crippen molar-refractivity contribution < 1.29 is 9.21 Å². The molecular formula is C20H22N4O2. The smallest absolute Gasteiger partial charge is 0.289 e. The zero-order valence-corrected chi connectivity index (χ0v) is 14.8. The molecule has 0 radical (unpaired) electrons. The van der Waals surface area contributed by atoms with Crippen LogP contribution in [0.3, 0.4) is 0 Å². The highest BCUT2D eigenvalue weighted by Gasteiger charge is 2.27. The van der Waals surface area contributed by atoms with Crippen molar-refractivity contribution in [3.05, 3.63) is 60.6 Å². The summed E-state index contributed by atoms with van der Waals surface area (Å²) in [7, 11) is 0. The summed E-state index contributed by atoms with van der Waals surface area (Å²) in [6, 6.07) is 7.44. The number of furan rings is 1. The van der Waals surface area contributed by atoms with Crippen molar-refractivity contribution in [2.45, 2.75) is 26.3 Å². The van der Waals surface area contributed by atoms with Crippen molar-refractivity contribution in [3.8, 4) is 11.4 Å². The number of hydrogen-bond donors (Lipinski definition) is 0. The van der Waals surface area contributed by atoms with Crippen molar-refractivity contribution in [1.82, 2.24) is 19.4 Å². The Morgan fingerprint density at radius 2 is 2.15 bits per heavy atom. The van der Waals surface area contributed by atoms with Crippen LogP contribution in [0, 0.1) is 12.8 Å². The molecular weight excluding hydrogens is 328 g/mol. The molecule has 6 nitrogen and oxygen atoms in total. The highest BCUT2D eigenvalue weighted by Crippen LogP contribution is 2.25. The number of nitrogens with zero attached hydrogens (tertiary/aromatic N) is 4. The van der Waals surface area contributed by atoms with Crippen LogP contribution < -0.4 is 0 Å². The Morgan fingerprint density at radius 3 is 2.92 bits per heavy atom. The van der Waals surface area contributed by atoms with Crippen molar-refractivity contribution >= 4 is 5.91 Å². The molecule has 1 amide bonds. The molecule has 0 saturated carbocycles. The third-order valence-electron chi connectivity index (χ3n) is 4.97. The maximum Gasteiger partial charge on any atom is 0.289 e. The van der Waals surface area contributed by atoms with Gasteiger partial charge in [-0.25, -0.2) is 4.98 Å². The molecule has 6 heteroatoms. The van der Waals surface area contributed by atoms with Gasteiger partial charge in [-0.2, -0.15) is 0 Å². The topological polar surface area (TPSA) is 64.2 Å². The normalized spacial score (nSPS) is 17.4. The molecule has 0 bridgehead atoms. The molecule has 0 aromatic carbocycles. The molecule has 4 heterocycles. The summed E-state index contributed by atoms with van der Waals surface area (Å²) in [6.45, 7) is 4.46.